The predicted molar refractivity (Wildman–Crippen MR) is 115 cm³/mol. The Hall–Kier alpha value is -3.61. The summed E-state index contributed by atoms with van der Waals surface area (Å²) in [6.45, 7) is 1.20. The summed E-state index contributed by atoms with van der Waals surface area (Å²) < 4.78 is 5.34. The number of rotatable bonds is 4. The molecule has 1 aromatic heterocycles. The molecule has 2 amide bonds. The molecule has 0 aliphatic carbocycles. The van der Waals surface area contributed by atoms with E-state index in [1.807, 2.05) is 54.6 Å². The van der Waals surface area contributed by atoms with Gasteiger partial charge in [-0.15, -0.1) is 0 Å². The molecule has 3 aromatic rings. The van der Waals surface area contributed by atoms with Crippen LogP contribution in [0.5, 0.6) is 0 Å². The monoisotopic (exact) mass is 417 g/mol. The van der Waals surface area contributed by atoms with Crippen LogP contribution in [-0.2, 0) is 9.53 Å². The van der Waals surface area contributed by atoms with Gasteiger partial charge in [0.15, 0.2) is 0 Å². The van der Waals surface area contributed by atoms with E-state index in [2.05, 4.69) is 4.98 Å². The fourth-order valence-corrected chi connectivity index (χ4v) is 4.63. The predicted octanol–water partition coefficient (Wildman–Crippen LogP) is 3.54. The number of hydrogen-bond donors (Lipinski definition) is 1. The van der Waals surface area contributed by atoms with Crippen molar-refractivity contribution in [3.05, 3.63) is 71.9 Å². The Balaban J connectivity index is 1.27. The smallest absolute Gasteiger partial charge is 0.410 e. The molecule has 0 radical (unpaired) electrons. The molecule has 1 unspecified atom stereocenters. The fraction of sp³-hybridized carbons (Fsp3) is 0.292. The van der Waals surface area contributed by atoms with E-state index in [-0.39, 0.29) is 18.2 Å². The first-order valence-corrected chi connectivity index (χ1v) is 10.5. The minimum absolute atomic E-state index is 0.0209. The number of amides is 2. The fourth-order valence-electron chi connectivity index (χ4n) is 4.63. The summed E-state index contributed by atoms with van der Waals surface area (Å²) in [6.07, 6.45) is 2.52. The minimum Gasteiger partial charge on any atom is -0.447 e. The summed E-state index contributed by atoms with van der Waals surface area (Å²) in [7, 11) is 0. The SMILES string of the molecule is O=C(C(=O)N1CCC(N2C(=O)OCC2c2ccccc2)CC1)c1c[nH]c2ccccc12. The molecule has 2 saturated heterocycles. The number of benzene rings is 2. The van der Waals surface area contributed by atoms with Crippen molar-refractivity contribution in [2.45, 2.75) is 24.9 Å². The van der Waals surface area contributed by atoms with E-state index in [9.17, 15) is 14.4 Å². The number of piperidine rings is 1. The van der Waals surface area contributed by atoms with Crippen molar-refractivity contribution in [3.63, 3.8) is 0 Å². The highest BCUT2D eigenvalue weighted by atomic mass is 16.6. The lowest BCUT2D eigenvalue weighted by molar-refractivity contribution is -0.127. The van der Waals surface area contributed by atoms with Crippen molar-refractivity contribution in [1.29, 1.82) is 0 Å². The van der Waals surface area contributed by atoms with Gasteiger partial charge in [-0.2, -0.15) is 0 Å². The Labute approximate surface area is 179 Å². The number of ether oxygens (including phenoxy) is 1. The maximum Gasteiger partial charge on any atom is 0.410 e. The molecule has 2 aliphatic rings. The zero-order valence-electron chi connectivity index (χ0n) is 17.0. The van der Waals surface area contributed by atoms with E-state index in [1.165, 1.54) is 0 Å². The lowest BCUT2D eigenvalue weighted by atomic mass is 9.98. The molecule has 1 atom stereocenters. The summed E-state index contributed by atoms with van der Waals surface area (Å²) in [4.78, 5) is 44.6. The lowest BCUT2D eigenvalue weighted by Gasteiger charge is -2.37. The summed E-state index contributed by atoms with van der Waals surface area (Å²) in [5.74, 6) is -0.995. The van der Waals surface area contributed by atoms with Crippen LogP contribution >= 0.6 is 0 Å². The van der Waals surface area contributed by atoms with E-state index in [0.717, 1.165) is 16.5 Å². The van der Waals surface area contributed by atoms with E-state index in [0.29, 0.717) is 38.1 Å². The van der Waals surface area contributed by atoms with Crippen molar-refractivity contribution in [2.24, 2.45) is 0 Å². The number of H-pyrrole nitrogens is 1. The van der Waals surface area contributed by atoms with Gasteiger partial charge in [0.2, 0.25) is 0 Å². The third-order valence-electron chi connectivity index (χ3n) is 6.27. The van der Waals surface area contributed by atoms with Crippen LogP contribution < -0.4 is 0 Å². The number of carbonyl (C=O) groups is 3. The average molecular weight is 417 g/mol. The molecule has 3 heterocycles. The zero-order chi connectivity index (χ0) is 21.4. The second-order valence-corrected chi connectivity index (χ2v) is 8.01. The van der Waals surface area contributed by atoms with Gasteiger partial charge >= 0.3 is 6.09 Å². The summed E-state index contributed by atoms with van der Waals surface area (Å²) in [5.41, 5.74) is 2.27. The Bertz CT molecular complexity index is 1130. The van der Waals surface area contributed by atoms with Crippen molar-refractivity contribution in [1.82, 2.24) is 14.8 Å². The minimum atomic E-state index is -0.501. The van der Waals surface area contributed by atoms with Gasteiger partial charge in [0.25, 0.3) is 11.7 Å². The number of likely N-dealkylation sites (tertiary alicyclic amines) is 1. The highest BCUT2D eigenvalue weighted by Gasteiger charge is 2.41. The van der Waals surface area contributed by atoms with Crippen LogP contribution in [0, 0.1) is 0 Å². The normalized spacial score (nSPS) is 19.6. The van der Waals surface area contributed by atoms with Gasteiger partial charge in [-0.25, -0.2) is 4.79 Å². The third-order valence-corrected chi connectivity index (χ3v) is 6.27. The largest absolute Gasteiger partial charge is 0.447 e. The Kier molecular flexibility index (Phi) is 4.94. The average Bonchev–Trinajstić information content (AvgIpc) is 3.42. The zero-order valence-corrected chi connectivity index (χ0v) is 17.0. The van der Waals surface area contributed by atoms with Gasteiger partial charge in [0.1, 0.15) is 6.61 Å². The molecule has 0 bridgehead atoms. The Morgan fingerprint density at radius 3 is 2.45 bits per heavy atom. The van der Waals surface area contributed by atoms with Crippen LogP contribution in [0.1, 0.15) is 34.8 Å². The van der Waals surface area contributed by atoms with E-state index < -0.39 is 11.7 Å². The maximum atomic E-state index is 12.9. The Morgan fingerprint density at radius 1 is 0.968 bits per heavy atom. The van der Waals surface area contributed by atoms with Crippen LogP contribution in [0.15, 0.2) is 60.8 Å². The van der Waals surface area contributed by atoms with E-state index >= 15 is 0 Å². The summed E-state index contributed by atoms with van der Waals surface area (Å²) >= 11 is 0. The van der Waals surface area contributed by atoms with Gasteiger partial charge in [-0.3, -0.25) is 14.5 Å². The number of para-hydroxylation sites is 1. The van der Waals surface area contributed by atoms with Crippen LogP contribution in [0.2, 0.25) is 0 Å². The number of Topliss-reactive ketones (excluding diaryl/α,β-unsaturated/α-hetero) is 1. The molecule has 2 aromatic carbocycles. The number of aromatic nitrogens is 1. The van der Waals surface area contributed by atoms with Crippen molar-refractivity contribution in [3.8, 4) is 0 Å². The molecule has 31 heavy (non-hydrogen) atoms. The molecule has 5 rings (SSSR count). The number of ketones is 1. The third kappa shape index (κ3) is 3.46. The maximum absolute atomic E-state index is 12.9. The number of hydrogen-bond acceptors (Lipinski definition) is 4. The molecule has 2 fully saturated rings. The molecule has 158 valence electrons. The molecular weight excluding hydrogens is 394 g/mol. The molecule has 0 spiro atoms. The molecule has 2 aliphatic heterocycles. The highest BCUT2D eigenvalue weighted by molar-refractivity contribution is 6.44. The topological polar surface area (TPSA) is 82.7 Å². The second kappa shape index (κ2) is 7.91. The molecule has 0 saturated carbocycles. The van der Waals surface area contributed by atoms with Gasteiger partial charge in [-0.05, 0) is 24.5 Å². The number of fused-ring (bicyclic) bond motifs is 1. The molecule has 7 nitrogen and oxygen atoms in total. The summed E-state index contributed by atoms with van der Waals surface area (Å²) in [6, 6.07) is 17.1. The molecule has 7 heteroatoms. The first-order valence-electron chi connectivity index (χ1n) is 10.5. The summed E-state index contributed by atoms with van der Waals surface area (Å²) in [5, 5.41) is 0.751. The number of carbonyl (C=O) groups excluding carboxylic acids is 3. The number of nitrogens with zero attached hydrogens (tertiary/aromatic N) is 2. The first-order chi connectivity index (χ1) is 15.1. The number of nitrogens with one attached hydrogen (secondary N) is 1. The molecule has 1 N–H and O–H groups in total. The lowest BCUT2D eigenvalue weighted by Crippen LogP contribution is -2.49. The highest BCUT2D eigenvalue weighted by Crippen LogP contribution is 2.33. The van der Waals surface area contributed by atoms with E-state index in [1.54, 1.807) is 16.0 Å². The molecular formula is C24H23N3O4. The van der Waals surface area contributed by atoms with Crippen molar-refractivity contribution >= 4 is 28.7 Å². The van der Waals surface area contributed by atoms with Gasteiger partial charge < -0.3 is 14.6 Å². The van der Waals surface area contributed by atoms with Crippen molar-refractivity contribution in [2.75, 3.05) is 19.7 Å². The number of aromatic amines is 1. The van der Waals surface area contributed by atoms with Gasteiger partial charge in [0.05, 0.1) is 11.6 Å². The second-order valence-electron chi connectivity index (χ2n) is 8.01. The number of cyclic esters (lactones) is 1. The van der Waals surface area contributed by atoms with Crippen molar-refractivity contribution < 1.29 is 19.1 Å². The Morgan fingerprint density at radius 2 is 1.68 bits per heavy atom. The first kappa shape index (κ1) is 19.4. The van der Waals surface area contributed by atoms with E-state index in [4.69, 9.17) is 4.74 Å². The van der Waals surface area contributed by atoms with Gasteiger partial charge in [0, 0.05) is 36.2 Å². The van der Waals surface area contributed by atoms with Crippen LogP contribution in [0.4, 0.5) is 4.79 Å². The van der Waals surface area contributed by atoms with Crippen LogP contribution in [0.3, 0.4) is 0 Å². The van der Waals surface area contributed by atoms with Crippen LogP contribution in [-0.4, -0.2) is 58.3 Å². The standard InChI is InChI=1S/C24H23N3O4/c28-22(19-14-25-20-9-5-4-8-18(19)20)23(29)26-12-10-17(11-13-26)27-21(15-31-24(27)30)16-6-2-1-3-7-16/h1-9,14,17,21,25H,10-13,15H2. The quantitative estimate of drug-likeness (QED) is 0.520. The van der Waals surface area contributed by atoms with Crippen LogP contribution in [0.25, 0.3) is 10.9 Å². The van der Waals surface area contributed by atoms with Gasteiger partial charge in [-0.1, -0.05) is 48.5 Å².